The van der Waals surface area contributed by atoms with Gasteiger partial charge in [0.1, 0.15) is 0 Å². The van der Waals surface area contributed by atoms with E-state index in [9.17, 15) is 4.79 Å². The average Bonchev–Trinajstić information content (AvgIpc) is 2.41. The van der Waals surface area contributed by atoms with E-state index in [0.29, 0.717) is 27.6 Å². The van der Waals surface area contributed by atoms with Gasteiger partial charge in [-0.2, -0.15) is 0 Å². The van der Waals surface area contributed by atoms with Gasteiger partial charge in [-0.1, -0.05) is 29.3 Å². The smallest absolute Gasteiger partial charge is 0.336 e. The number of halogens is 2. The summed E-state index contributed by atoms with van der Waals surface area (Å²) in [5.41, 5.74) is 2.83. The minimum Gasteiger partial charge on any atom is -0.478 e. The summed E-state index contributed by atoms with van der Waals surface area (Å²) in [6.45, 7) is 1.78. The van der Waals surface area contributed by atoms with Gasteiger partial charge in [-0.3, -0.25) is 4.98 Å². The standard InChI is InChI=1S/C15H13Cl2NO2/c1-9-11(15(19)20)6-7-18-14(9)5-3-10-2-4-12(16)13(17)8-10/h2,4,6-8H,3,5H2,1H3,(H,19,20). The Kier molecular flexibility index (Phi) is 4.63. The van der Waals surface area contributed by atoms with Crippen LogP contribution in [0.15, 0.2) is 30.5 Å². The van der Waals surface area contributed by atoms with Gasteiger partial charge in [0.2, 0.25) is 0 Å². The molecule has 0 unspecified atom stereocenters. The number of aryl methyl sites for hydroxylation is 2. The molecule has 1 heterocycles. The number of aromatic nitrogens is 1. The molecule has 20 heavy (non-hydrogen) atoms. The van der Waals surface area contributed by atoms with Gasteiger partial charge in [-0.05, 0) is 49.1 Å². The molecule has 0 spiro atoms. The lowest BCUT2D eigenvalue weighted by atomic mass is 10.0. The maximum Gasteiger partial charge on any atom is 0.336 e. The van der Waals surface area contributed by atoms with Crippen molar-refractivity contribution in [2.24, 2.45) is 0 Å². The van der Waals surface area contributed by atoms with Crippen molar-refractivity contribution >= 4 is 29.2 Å². The first-order valence-corrected chi connectivity index (χ1v) is 6.86. The number of carbonyl (C=O) groups is 1. The molecule has 3 nitrogen and oxygen atoms in total. The van der Waals surface area contributed by atoms with E-state index in [-0.39, 0.29) is 0 Å². The lowest BCUT2D eigenvalue weighted by Gasteiger charge is -2.08. The normalized spacial score (nSPS) is 10.6. The Bertz CT molecular complexity index is 656. The van der Waals surface area contributed by atoms with Crippen molar-refractivity contribution in [2.75, 3.05) is 0 Å². The zero-order chi connectivity index (χ0) is 14.7. The van der Waals surface area contributed by atoms with Gasteiger partial charge in [0.05, 0.1) is 15.6 Å². The van der Waals surface area contributed by atoms with Crippen LogP contribution >= 0.6 is 23.2 Å². The maximum atomic E-state index is 11.1. The number of carboxylic acid groups (broad SMARTS) is 1. The highest BCUT2D eigenvalue weighted by Gasteiger charge is 2.11. The van der Waals surface area contributed by atoms with Crippen LogP contribution in [0.25, 0.3) is 0 Å². The molecule has 1 aromatic heterocycles. The monoisotopic (exact) mass is 309 g/mol. The van der Waals surface area contributed by atoms with E-state index in [2.05, 4.69) is 4.98 Å². The minimum absolute atomic E-state index is 0.295. The second kappa shape index (κ2) is 6.25. The van der Waals surface area contributed by atoms with Crippen molar-refractivity contribution in [1.29, 1.82) is 0 Å². The molecule has 0 atom stereocenters. The minimum atomic E-state index is -0.930. The average molecular weight is 310 g/mol. The van der Waals surface area contributed by atoms with Gasteiger partial charge in [-0.25, -0.2) is 4.79 Å². The molecule has 0 aliphatic heterocycles. The molecular formula is C15H13Cl2NO2. The van der Waals surface area contributed by atoms with Crippen molar-refractivity contribution in [3.05, 3.63) is 62.9 Å². The highest BCUT2D eigenvalue weighted by molar-refractivity contribution is 6.42. The van der Waals surface area contributed by atoms with E-state index in [1.807, 2.05) is 12.1 Å². The molecule has 0 aliphatic rings. The lowest BCUT2D eigenvalue weighted by molar-refractivity contribution is 0.0696. The number of aromatic carboxylic acids is 1. The predicted octanol–water partition coefficient (Wildman–Crippen LogP) is 4.18. The summed E-state index contributed by atoms with van der Waals surface area (Å²) in [7, 11) is 0. The molecule has 0 fully saturated rings. The van der Waals surface area contributed by atoms with Crippen LogP contribution in [-0.2, 0) is 12.8 Å². The van der Waals surface area contributed by atoms with Crippen LogP contribution in [0.4, 0.5) is 0 Å². The van der Waals surface area contributed by atoms with Crippen molar-refractivity contribution in [1.82, 2.24) is 4.98 Å². The van der Waals surface area contributed by atoms with Crippen LogP contribution in [-0.4, -0.2) is 16.1 Å². The van der Waals surface area contributed by atoms with Gasteiger partial charge in [0, 0.05) is 11.9 Å². The van der Waals surface area contributed by atoms with Crippen molar-refractivity contribution in [3.63, 3.8) is 0 Å². The van der Waals surface area contributed by atoms with Crippen molar-refractivity contribution < 1.29 is 9.90 Å². The lowest BCUT2D eigenvalue weighted by Crippen LogP contribution is -2.05. The fourth-order valence-electron chi connectivity index (χ4n) is 2.02. The zero-order valence-corrected chi connectivity index (χ0v) is 12.4. The van der Waals surface area contributed by atoms with Crippen LogP contribution in [0.2, 0.25) is 10.0 Å². The molecule has 0 bridgehead atoms. The Hall–Kier alpha value is -1.58. The van der Waals surface area contributed by atoms with E-state index in [1.165, 1.54) is 12.3 Å². The maximum absolute atomic E-state index is 11.1. The molecule has 2 aromatic rings. The third kappa shape index (κ3) is 3.30. The highest BCUT2D eigenvalue weighted by Crippen LogP contribution is 2.23. The Morgan fingerprint density at radius 1 is 1.20 bits per heavy atom. The van der Waals surface area contributed by atoms with Crippen molar-refractivity contribution in [2.45, 2.75) is 19.8 Å². The molecule has 0 aliphatic carbocycles. The molecule has 104 valence electrons. The molecule has 0 saturated heterocycles. The molecule has 0 radical (unpaired) electrons. The SMILES string of the molecule is Cc1c(C(=O)O)ccnc1CCc1ccc(Cl)c(Cl)c1. The predicted molar refractivity (Wildman–Crippen MR) is 79.8 cm³/mol. The Morgan fingerprint density at radius 3 is 2.60 bits per heavy atom. The summed E-state index contributed by atoms with van der Waals surface area (Å²) in [5, 5.41) is 10.1. The molecule has 1 aromatic carbocycles. The fraction of sp³-hybridized carbons (Fsp3) is 0.200. The third-order valence-corrected chi connectivity index (χ3v) is 3.91. The van der Waals surface area contributed by atoms with E-state index in [4.69, 9.17) is 28.3 Å². The molecule has 5 heteroatoms. The molecule has 2 rings (SSSR count). The van der Waals surface area contributed by atoms with E-state index in [1.54, 1.807) is 13.0 Å². The quantitative estimate of drug-likeness (QED) is 0.921. The molecule has 0 saturated carbocycles. The first-order chi connectivity index (χ1) is 9.49. The summed E-state index contributed by atoms with van der Waals surface area (Å²) in [5.74, 6) is -0.930. The first-order valence-electron chi connectivity index (χ1n) is 6.10. The fourth-order valence-corrected chi connectivity index (χ4v) is 2.34. The zero-order valence-electron chi connectivity index (χ0n) is 10.9. The number of nitrogens with zero attached hydrogens (tertiary/aromatic N) is 1. The Morgan fingerprint density at radius 2 is 1.95 bits per heavy atom. The summed E-state index contributed by atoms with van der Waals surface area (Å²) in [4.78, 5) is 15.3. The summed E-state index contributed by atoms with van der Waals surface area (Å²) in [6.07, 6.45) is 2.92. The number of hydrogen-bond acceptors (Lipinski definition) is 2. The summed E-state index contributed by atoms with van der Waals surface area (Å²) in [6, 6.07) is 7.00. The van der Waals surface area contributed by atoms with Crippen LogP contribution in [0.1, 0.15) is 27.2 Å². The van der Waals surface area contributed by atoms with E-state index in [0.717, 1.165) is 17.7 Å². The second-order valence-corrected chi connectivity index (χ2v) is 5.30. The van der Waals surface area contributed by atoms with Crippen LogP contribution in [0.5, 0.6) is 0 Å². The van der Waals surface area contributed by atoms with E-state index < -0.39 is 5.97 Å². The Labute approximate surface area is 127 Å². The molecular weight excluding hydrogens is 297 g/mol. The molecule has 0 amide bonds. The molecule has 1 N–H and O–H groups in total. The third-order valence-electron chi connectivity index (χ3n) is 3.17. The van der Waals surface area contributed by atoms with E-state index >= 15 is 0 Å². The number of carboxylic acids is 1. The Balaban J connectivity index is 2.17. The van der Waals surface area contributed by atoms with Gasteiger partial charge in [0.15, 0.2) is 0 Å². The number of hydrogen-bond donors (Lipinski definition) is 1. The summed E-state index contributed by atoms with van der Waals surface area (Å²) >= 11 is 11.8. The first kappa shape index (κ1) is 14.8. The number of rotatable bonds is 4. The van der Waals surface area contributed by atoms with Crippen LogP contribution in [0.3, 0.4) is 0 Å². The topological polar surface area (TPSA) is 50.2 Å². The van der Waals surface area contributed by atoms with Crippen molar-refractivity contribution in [3.8, 4) is 0 Å². The highest BCUT2D eigenvalue weighted by atomic mass is 35.5. The second-order valence-electron chi connectivity index (χ2n) is 4.48. The van der Waals surface area contributed by atoms with Crippen LogP contribution in [0, 0.1) is 6.92 Å². The van der Waals surface area contributed by atoms with Gasteiger partial charge >= 0.3 is 5.97 Å². The number of benzene rings is 1. The summed E-state index contributed by atoms with van der Waals surface area (Å²) < 4.78 is 0. The number of pyridine rings is 1. The van der Waals surface area contributed by atoms with Crippen LogP contribution < -0.4 is 0 Å². The van der Waals surface area contributed by atoms with Gasteiger partial charge in [0.25, 0.3) is 0 Å². The van der Waals surface area contributed by atoms with Gasteiger partial charge in [-0.15, -0.1) is 0 Å². The van der Waals surface area contributed by atoms with Gasteiger partial charge < -0.3 is 5.11 Å². The largest absolute Gasteiger partial charge is 0.478 e.